The maximum Gasteiger partial charge on any atom is 0.524 e. The molecule has 14 heteroatoms. The first-order valence-electron chi connectivity index (χ1n) is 8.54. The molecule has 13 nitrogen and oxygen atoms in total. The van der Waals surface area contributed by atoms with Crippen molar-refractivity contribution in [1.82, 2.24) is 16.0 Å². The van der Waals surface area contributed by atoms with Crippen LogP contribution in [0.5, 0.6) is 5.75 Å². The van der Waals surface area contributed by atoms with Gasteiger partial charge in [0.25, 0.3) is 0 Å². The number of carboxylic acids is 1. The van der Waals surface area contributed by atoms with Gasteiger partial charge in [-0.1, -0.05) is 12.1 Å². The minimum absolute atomic E-state index is 0.0784. The van der Waals surface area contributed by atoms with E-state index in [2.05, 4.69) is 20.5 Å². The van der Waals surface area contributed by atoms with Gasteiger partial charge in [-0.05, 0) is 24.6 Å². The zero-order valence-corrected chi connectivity index (χ0v) is 16.8. The molecule has 1 aromatic rings. The van der Waals surface area contributed by atoms with Crippen LogP contribution in [0.2, 0.25) is 0 Å². The highest BCUT2D eigenvalue weighted by molar-refractivity contribution is 7.46. The Morgan fingerprint density at radius 2 is 1.70 bits per heavy atom. The predicted molar refractivity (Wildman–Crippen MR) is 102 cm³/mol. The molecule has 0 heterocycles. The lowest BCUT2D eigenvalue weighted by molar-refractivity contribution is -0.138. The number of hydrogen-bond donors (Lipinski definition) is 7. The third-order valence-corrected chi connectivity index (χ3v) is 4.04. The highest BCUT2D eigenvalue weighted by atomic mass is 31.2. The van der Waals surface area contributed by atoms with E-state index in [4.69, 9.17) is 20.6 Å². The number of aliphatic carboxylic acids is 1. The van der Waals surface area contributed by atoms with Crippen molar-refractivity contribution >= 4 is 31.5 Å². The van der Waals surface area contributed by atoms with E-state index in [1.807, 2.05) is 0 Å². The molecule has 3 amide bonds. The smallest absolute Gasteiger partial charge is 0.480 e. The topological polar surface area (TPSA) is 217 Å². The van der Waals surface area contributed by atoms with E-state index in [9.17, 15) is 23.7 Å². The van der Waals surface area contributed by atoms with Gasteiger partial charge < -0.3 is 31.3 Å². The van der Waals surface area contributed by atoms with Gasteiger partial charge in [0, 0.05) is 6.42 Å². The number of amides is 3. The first-order valence-corrected chi connectivity index (χ1v) is 10.1. The lowest BCUT2D eigenvalue weighted by atomic mass is 10.0. The summed E-state index contributed by atoms with van der Waals surface area (Å²) in [6.07, 6.45) is -0.0784. The molecule has 0 saturated heterocycles. The lowest BCUT2D eigenvalue weighted by Gasteiger charge is -2.21. The first-order chi connectivity index (χ1) is 13.9. The highest BCUT2D eigenvalue weighted by Gasteiger charge is 2.25. The van der Waals surface area contributed by atoms with Crippen LogP contribution in [0, 0.1) is 0 Å². The molecule has 166 valence electrons. The molecule has 2 atom stereocenters. The fraction of sp³-hybridized carbons (Fsp3) is 0.375. The van der Waals surface area contributed by atoms with Gasteiger partial charge in [0.1, 0.15) is 24.4 Å². The van der Waals surface area contributed by atoms with Crippen LogP contribution in [0.4, 0.5) is 0 Å². The molecule has 0 bridgehead atoms. The van der Waals surface area contributed by atoms with Crippen molar-refractivity contribution in [3.63, 3.8) is 0 Å². The van der Waals surface area contributed by atoms with Crippen LogP contribution in [0.25, 0.3) is 0 Å². The van der Waals surface area contributed by atoms with Crippen LogP contribution in [-0.4, -0.2) is 63.8 Å². The monoisotopic (exact) mass is 446 g/mol. The maximum atomic E-state index is 12.3. The van der Waals surface area contributed by atoms with Crippen molar-refractivity contribution in [2.24, 2.45) is 5.73 Å². The normalized spacial score (nSPS) is 12.9. The average molecular weight is 446 g/mol. The van der Waals surface area contributed by atoms with Crippen molar-refractivity contribution in [1.29, 1.82) is 0 Å². The number of hydrogen-bond acceptors (Lipinski definition) is 7. The summed E-state index contributed by atoms with van der Waals surface area (Å²) in [6, 6.07) is 3.14. The van der Waals surface area contributed by atoms with Gasteiger partial charge in [-0.15, -0.1) is 0 Å². The van der Waals surface area contributed by atoms with E-state index >= 15 is 0 Å². The zero-order chi connectivity index (χ0) is 22.9. The Kier molecular flexibility index (Phi) is 9.40. The fourth-order valence-electron chi connectivity index (χ4n) is 2.22. The first kappa shape index (κ1) is 25.0. The van der Waals surface area contributed by atoms with Gasteiger partial charge in [0.2, 0.25) is 17.7 Å². The van der Waals surface area contributed by atoms with Crippen molar-refractivity contribution in [2.75, 3.05) is 13.1 Å². The molecule has 30 heavy (non-hydrogen) atoms. The number of phosphoric acid groups is 1. The van der Waals surface area contributed by atoms with Crippen molar-refractivity contribution in [3.8, 4) is 5.75 Å². The van der Waals surface area contributed by atoms with Crippen LogP contribution in [0.3, 0.4) is 0 Å². The summed E-state index contributed by atoms with van der Waals surface area (Å²) in [7, 11) is -4.73. The minimum Gasteiger partial charge on any atom is -0.480 e. The van der Waals surface area contributed by atoms with Crippen LogP contribution < -0.4 is 26.2 Å². The summed E-state index contributed by atoms with van der Waals surface area (Å²) in [6.45, 7) is 0.381. The summed E-state index contributed by atoms with van der Waals surface area (Å²) < 4.78 is 15.3. The van der Waals surface area contributed by atoms with Crippen molar-refractivity contribution in [2.45, 2.75) is 25.4 Å². The van der Waals surface area contributed by atoms with Crippen LogP contribution in [0.1, 0.15) is 12.5 Å². The van der Waals surface area contributed by atoms with E-state index in [0.717, 1.165) is 0 Å². The summed E-state index contributed by atoms with van der Waals surface area (Å²) in [4.78, 5) is 64.2. The molecule has 8 N–H and O–H groups in total. The summed E-state index contributed by atoms with van der Waals surface area (Å²) >= 11 is 0. The van der Waals surface area contributed by atoms with E-state index < -0.39 is 50.1 Å². The standard InChI is InChI=1S/C16H23N4O9P/c1-9(19-13(21)7-17)15(24)20-12(16(25)18-8-14(22)23)6-10-2-4-11(5-3-10)29-30(26,27)28/h2-5,9,12H,6-8,17H2,1H3,(H,18,25)(H,19,21)(H,20,24)(H,22,23)(H2,26,27,28)/t9-,12-/m0/s1. The summed E-state index contributed by atoms with van der Waals surface area (Å²) in [5.74, 6) is -3.45. The summed E-state index contributed by atoms with van der Waals surface area (Å²) in [5.41, 5.74) is 5.64. The SMILES string of the molecule is C[C@H](NC(=O)CN)C(=O)N[C@@H](Cc1ccc(OP(=O)(O)O)cc1)C(=O)NCC(=O)O. The van der Waals surface area contributed by atoms with Gasteiger partial charge in [0.15, 0.2) is 0 Å². The molecule has 0 aliphatic carbocycles. The largest absolute Gasteiger partial charge is 0.524 e. The van der Waals surface area contributed by atoms with E-state index in [1.165, 1.54) is 31.2 Å². The van der Waals surface area contributed by atoms with Gasteiger partial charge >= 0.3 is 13.8 Å². The number of nitrogens with one attached hydrogen (secondary N) is 3. The van der Waals surface area contributed by atoms with E-state index in [0.29, 0.717) is 5.56 Å². The van der Waals surface area contributed by atoms with Crippen LogP contribution in [-0.2, 0) is 30.2 Å². The molecule has 0 spiro atoms. The van der Waals surface area contributed by atoms with E-state index in [-0.39, 0.29) is 18.7 Å². The maximum absolute atomic E-state index is 12.3. The molecule has 1 rings (SSSR count). The molecular weight excluding hydrogens is 423 g/mol. The predicted octanol–water partition coefficient (Wildman–Crippen LogP) is -2.15. The van der Waals surface area contributed by atoms with Gasteiger partial charge in [0.05, 0.1) is 6.54 Å². The molecule has 0 radical (unpaired) electrons. The number of carbonyl (C=O) groups is 4. The summed E-state index contributed by atoms with van der Waals surface area (Å²) in [5, 5.41) is 15.6. The van der Waals surface area contributed by atoms with Crippen LogP contribution >= 0.6 is 7.82 Å². The lowest BCUT2D eigenvalue weighted by Crippen LogP contribution is -2.54. The third kappa shape index (κ3) is 9.47. The number of carboxylic acid groups (broad SMARTS) is 1. The number of carbonyl (C=O) groups excluding carboxylic acids is 3. The Morgan fingerprint density at radius 1 is 1.10 bits per heavy atom. The molecule has 0 aromatic heterocycles. The quantitative estimate of drug-likeness (QED) is 0.183. The number of rotatable bonds is 11. The number of nitrogens with two attached hydrogens (primary N) is 1. The second kappa shape index (κ2) is 11.3. The Hall–Kier alpha value is -2.99. The molecular formula is C16H23N4O9P. The van der Waals surface area contributed by atoms with Crippen molar-refractivity contribution in [3.05, 3.63) is 29.8 Å². The third-order valence-electron chi connectivity index (χ3n) is 3.59. The minimum atomic E-state index is -4.73. The number of phosphoric ester groups is 1. The fourth-order valence-corrected chi connectivity index (χ4v) is 2.61. The Morgan fingerprint density at radius 3 is 2.20 bits per heavy atom. The van der Waals surface area contributed by atoms with Gasteiger partial charge in [-0.2, -0.15) is 0 Å². The molecule has 1 aromatic carbocycles. The van der Waals surface area contributed by atoms with E-state index in [1.54, 1.807) is 0 Å². The Labute approximate surface area is 171 Å². The average Bonchev–Trinajstić information content (AvgIpc) is 2.65. The number of benzene rings is 1. The Balaban J connectivity index is 2.91. The molecule has 0 saturated carbocycles. The Bertz CT molecular complexity index is 825. The van der Waals surface area contributed by atoms with Crippen LogP contribution in [0.15, 0.2) is 24.3 Å². The second-order valence-electron chi connectivity index (χ2n) is 6.10. The second-order valence-corrected chi connectivity index (χ2v) is 7.26. The van der Waals surface area contributed by atoms with Gasteiger partial charge in [-0.3, -0.25) is 29.0 Å². The highest BCUT2D eigenvalue weighted by Crippen LogP contribution is 2.37. The zero-order valence-electron chi connectivity index (χ0n) is 15.9. The molecule has 0 aliphatic rings. The molecule has 0 fully saturated rings. The molecule has 0 aliphatic heterocycles. The molecule has 0 unspecified atom stereocenters. The van der Waals surface area contributed by atoms with Gasteiger partial charge in [-0.25, -0.2) is 4.57 Å². The van der Waals surface area contributed by atoms with Crippen molar-refractivity contribution < 1.29 is 43.2 Å².